The summed E-state index contributed by atoms with van der Waals surface area (Å²) in [5, 5.41) is 13.3. The molecule has 0 bridgehead atoms. The van der Waals surface area contributed by atoms with Gasteiger partial charge < -0.3 is 10.4 Å². The predicted molar refractivity (Wildman–Crippen MR) is 61.9 cm³/mol. The maximum atomic E-state index is 13.4. The van der Waals surface area contributed by atoms with Crippen molar-refractivity contribution in [2.75, 3.05) is 6.54 Å². The van der Waals surface area contributed by atoms with E-state index in [1.54, 1.807) is 12.1 Å². The Balaban J connectivity index is 1.89. The van der Waals surface area contributed by atoms with Gasteiger partial charge in [0.05, 0.1) is 5.60 Å². The van der Waals surface area contributed by atoms with Gasteiger partial charge in [0.1, 0.15) is 5.82 Å². The summed E-state index contributed by atoms with van der Waals surface area (Å²) in [6.07, 6.45) is 2.72. The Kier molecular flexibility index (Phi) is 3.47. The van der Waals surface area contributed by atoms with E-state index in [2.05, 4.69) is 5.32 Å². The van der Waals surface area contributed by atoms with Crippen LogP contribution in [0, 0.1) is 5.82 Å². The first-order valence-electron chi connectivity index (χ1n) is 5.47. The lowest BCUT2D eigenvalue weighted by Crippen LogP contribution is -2.46. The zero-order valence-electron chi connectivity index (χ0n) is 8.97. The van der Waals surface area contributed by atoms with Crippen LogP contribution in [0.4, 0.5) is 4.39 Å². The van der Waals surface area contributed by atoms with Gasteiger partial charge in [0.15, 0.2) is 0 Å². The molecule has 0 heterocycles. The summed E-state index contributed by atoms with van der Waals surface area (Å²) >= 11 is 5.88. The molecule has 0 saturated heterocycles. The molecule has 0 amide bonds. The Morgan fingerprint density at radius 3 is 2.75 bits per heavy atom. The van der Waals surface area contributed by atoms with Gasteiger partial charge in [-0.1, -0.05) is 17.7 Å². The Bertz CT molecular complexity index is 359. The summed E-state index contributed by atoms with van der Waals surface area (Å²) in [5.41, 5.74) is -0.121. The van der Waals surface area contributed by atoms with Crippen molar-refractivity contribution in [2.45, 2.75) is 31.4 Å². The second-order valence-corrected chi connectivity index (χ2v) is 4.79. The summed E-state index contributed by atoms with van der Waals surface area (Å²) in [4.78, 5) is 0. The second kappa shape index (κ2) is 4.70. The fraction of sp³-hybridized carbons (Fsp3) is 0.500. The zero-order valence-corrected chi connectivity index (χ0v) is 9.73. The lowest BCUT2D eigenvalue weighted by atomic mass is 9.80. The van der Waals surface area contributed by atoms with Gasteiger partial charge in [-0.05, 0) is 31.4 Å². The van der Waals surface area contributed by atoms with Crippen molar-refractivity contribution in [3.8, 4) is 0 Å². The van der Waals surface area contributed by atoms with Gasteiger partial charge in [-0.3, -0.25) is 0 Å². The molecule has 2 nitrogen and oxygen atoms in total. The maximum absolute atomic E-state index is 13.4. The molecular weight excluding hydrogens is 229 g/mol. The van der Waals surface area contributed by atoms with Crippen molar-refractivity contribution >= 4 is 11.6 Å². The Morgan fingerprint density at radius 2 is 2.19 bits per heavy atom. The summed E-state index contributed by atoms with van der Waals surface area (Å²) in [7, 11) is 0. The van der Waals surface area contributed by atoms with Gasteiger partial charge in [0.25, 0.3) is 0 Å². The molecule has 88 valence electrons. The molecule has 0 spiro atoms. The third-order valence-electron chi connectivity index (χ3n) is 3.10. The maximum Gasteiger partial charge on any atom is 0.129 e. The first-order chi connectivity index (χ1) is 7.61. The van der Waals surface area contributed by atoms with Crippen LogP contribution in [0.5, 0.6) is 0 Å². The number of rotatable bonds is 4. The van der Waals surface area contributed by atoms with Gasteiger partial charge in [0.2, 0.25) is 0 Å². The van der Waals surface area contributed by atoms with Gasteiger partial charge in [-0.2, -0.15) is 0 Å². The van der Waals surface area contributed by atoms with Crippen molar-refractivity contribution in [1.82, 2.24) is 5.32 Å². The highest BCUT2D eigenvalue weighted by atomic mass is 35.5. The van der Waals surface area contributed by atoms with E-state index in [0.717, 1.165) is 19.3 Å². The molecule has 4 heteroatoms. The molecule has 1 aromatic rings. The lowest BCUT2D eigenvalue weighted by Gasteiger charge is -2.36. The minimum absolute atomic E-state index is 0.305. The quantitative estimate of drug-likeness (QED) is 0.852. The monoisotopic (exact) mass is 243 g/mol. The third-order valence-corrected chi connectivity index (χ3v) is 3.46. The highest BCUT2D eigenvalue weighted by Gasteiger charge is 2.33. The molecule has 0 radical (unpaired) electrons. The van der Waals surface area contributed by atoms with E-state index < -0.39 is 5.60 Å². The molecule has 1 aliphatic carbocycles. The first kappa shape index (κ1) is 11.8. The van der Waals surface area contributed by atoms with Crippen LogP contribution in [0.25, 0.3) is 0 Å². The van der Waals surface area contributed by atoms with Crippen LogP contribution in [0.15, 0.2) is 18.2 Å². The second-order valence-electron chi connectivity index (χ2n) is 4.38. The highest BCUT2D eigenvalue weighted by molar-refractivity contribution is 6.31. The molecule has 1 aromatic carbocycles. The predicted octanol–water partition coefficient (Wildman–Crippen LogP) is 2.48. The Morgan fingerprint density at radius 1 is 1.44 bits per heavy atom. The van der Waals surface area contributed by atoms with E-state index in [-0.39, 0.29) is 5.82 Å². The van der Waals surface area contributed by atoms with Crippen molar-refractivity contribution in [3.63, 3.8) is 0 Å². The van der Waals surface area contributed by atoms with Crippen molar-refractivity contribution in [3.05, 3.63) is 34.6 Å². The lowest BCUT2D eigenvalue weighted by molar-refractivity contribution is -0.0315. The number of benzene rings is 1. The average molecular weight is 244 g/mol. The summed E-state index contributed by atoms with van der Waals surface area (Å²) in [6, 6.07) is 4.64. The topological polar surface area (TPSA) is 32.3 Å². The van der Waals surface area contributed by atoms with Gasteiger partial charge >= 0.3 is 0 Å². The fourth-order valence-corrected chi connectivity index (χ4v) is 2.11. The standard InChI is InChI=1S/C12H15ClFNO/c13-10-3-1-4-11(14)9(10)7-15-8-12(16)5-2-6-12/h1,3-4,15-16H,2,5-8H2. The molecule has 1 aliphatic rings. The normalized spacial score (nSPS) is 18.2. The third kappa shape index (κ3) is 2.54. The smallest absolute Gasteiger partial charge is 0.129 e. The molecule has 0 aromatic heterocycles. The van der Waals surface area contributed by atoms with E-state index in [0.29, 0.717) is 23.7 Å². The van der Waals surface area contributed by atoms with Gasteiger partial charge in [0, 0.05) is 23.7 Å². The van der Waals surface area contributed by atoms with Crippen LogP contribution in [0.3, 0.4) is 0 Å². The van der Waals surface area contributed by atoms with Crippen molar-refractivity contribution in [1.29, 1.82) is 0 Å². The zero-order chi connectivity index (χ0) is 11.6. The minimum atomic E-state index is -0.586. The number of nitrogens with one attached hydrogen (secondary N) is 1. The van der Waals surface area contributed by atoms with Gasteiger partial charge in [-0.25, -0.2) is 4.39 Å². The molecule has 1 fully saturated rings. The summed E-state index contributed by atoms with van der Waals surface area (Å²) < 4.78 is 13.4. The molecule has 1 saturated carbocycles. The molecule has 0 unspecified atom stereocenters. The van der Waals surface area contributed by atoms with E-state index in [4.69, 9.17) is 11.6 Å². The molecule has 2 N–H and O–H groups in total. The largest absolute Gasteiger partial charge is 0.389 e. The summed E-state index contributed by atoms with van der Waals surface area (Å²) in [6.45, 7) is 0.853. The number of hydrogen-bond acceptors (Lipinski definition) is 2. The first-order valence-corrected chi connectivity index (χ1v) is 5.84. The Hall–Kier alpha value is -0.640. The molecule has 2 rings (SSSR count). The number of halogens is 2. The van der Waals surface area contributed by atoms with E-state index in [1.807, 2.05) is 0 Å². The number of aliphatic hydroxyl groups is 1. The van der Waals surface area contributed by atoms with Crippen LogP contribution in [-0.2, 0) is 6.54 Å². The van der Waals surface area contributed by atoms with Crippen LogP contribution < -0.4 is 5.32 Å². The van der Waals surface area contributed by atoms with Crippen LogP contribution in [0.2, 0.25) is 5.02 Å². The highest BCUT2D eigenvalue weighted by Crippen LogP contribution is 2.30. The Labute approximate surface area is 99.4 Å². The minimum Gasteiger partial charge on any atom is -0.389 e. The fourth-order valence-electron chi connectivity index (χ4n) is 1.88. The van der Waals surface area contributed by atoms with E-state index in [9.17, 15) is 9.50 Å². The average Bonchev–Trinajstić information content (AvgIpc) is 2.20. The van der Waals surface area contributed by atoms with Crippen LogP contribution in [-0.4, -0.2) is 17.3 Å². The van der Waals surface area contributed by atoms with E-state index in [1.165, 1.54) is 6.07 Å². The molecule has 16 heavy (non-hydrogen) atoms. The molecular formula is C12H15ClFNO. The number of hydrogen-bond donors (Lipinski definition) is 2. The van der Waals surface area contributed by atoms with E-state index >= 15 is 0 Å². The molecule has 0 aliphatic heterocycles. The van der Waals surface area contributed by atoms with Crippen molar-refractivity contribution < 1.29 is 9.50 Å². The summed E-state index contributed by atoms with van der Waals surface area (Å²) in [5.74, 6) is -0.305. The SMILES string of the molecule is OC1(CNCc2c(F)cccc2Cl)CCC1. The van der Waals surface area contributed by atoms with Crippen LogP contribution >= 0.6 is 11.6 Å². The van der Waals surface area contributed by atoms with Gasteiger partial charge in [-0.15, -0.1) is 0 Å². The van der Waals surface area contributed by atoms with Crippen LogP contribution in [0.1, 0.15) is 24.8 Å². The van der Waals surface area contributed by atoms with Crippen molar-refractivity contribution in [2.24, 2.45) is 0 Å². The molecule has 0 atom stereocenters.